The zero-order chi connectivity index (χ0) is 19.0. The van der Waals surface area contributed by atoms with E-state index in [1.54, 1.807) is 6.07 Å². The number of esters is 1. The molecule has 0 aliphatic heterocycles. The summed E-state index contributed by atoms with van der Waals surface area (Å²) in [7, 11) is 0. The van der Waals surface area contributed by atoms with Crippen molar-refractivity contribution < 1.29 is 28.6 Å². The molecule has 0 saturated heterocycles. The third kappa shape index (κ3) is 6.70. The Hall–Kier alpha value is -2.77. The molecule has 8 heteroatoms. The van der Waals surface area contributed by atoms with Crippen molar-refractivity contribution in [1.82, 2.24) is 5.32 Å². The van der Waals surface area contributed by atoms with Crippen molar-refractivity contribution in [3.8, 4) is 11.5 Å². The van der Waals surface area contributed by atoms with Gasteiger partial charge in [0.15, 0.2) is 17.6 Å². The number of amides is 3. The molecule has 138 valence electrons. The monoisotopic (exact) mass is 352 g/mol. The molecule has 0 spiro atoms. The Labute approximate surface area is 146 Å². The first-order chi connectivity index (χ1) is 11.7. The smallest absolute Gasteiger partial charge is 0.339 e. The summed E-state index contributed by atoms with van der Waals surface area (Å²) in [6.45, 7) is 8.09. The van der Waals surface area contributed by atoms with Crippen LogP contribution in [-0.2, 0) is 9.53 Å². The average Bonchev–Trinajstić information content (AvgIpc) is 2.52. The predicted molar refractivity (Wildman–Crippen MR) is 90.5 cm³/mol. The van der Waals surface area contributed by atoms with Gasteiger partial charge in [-0.25, -0.2) is 9.59 Å². The fourth-order valence-electron chi connectivity index (χ4n) is 1.78. The van der Waals surface area contributed by atoms with Gasteiger partial charge in [-0.2, -0.15) is 0 Å². The maximum atomic E-state index is 12.2. The van der Waals surface area contributed by atoms with Crippen LogP contribution in [0.4, 0.5) is 4.79 Å². The van der Waals surface area contributed by atoms with Crippen LogP contribution in [0.15, 0.2) is 18.2 Å². The van der Waals surface area contributed by atoms with E-state index in [-0.39, 0.29) is 5.56 Å². The minimum atomic E-state index is -1.17. The minimum absolute atomic E-state index is 0.194. The van der Waals surface area contributed by atoms with Crippen molar-refractivity contribution in [2.45, 2.75) is 33.8 Å². The number of nitrogens with one attached hydrogen (secondary N) is 1. The van der Waals surface area contributed by atoms with E-state index in [2.05, 4.69) is 0 Å². The number of ether oxygens (including phenoxy) is 3. The molecule has 3 amide bonds. The predicted octanol–water partition coefficient (Wildman–Crippen LogP) is 1.86. The van der Waals surface area contributed by atoms with Gasteiger partial charge in [0.25, 0.3) is 5.91 Å². The van der Waals surface area contributed by atoms with Crippen molar-refractivity contribution in [2.24, 2.45) is 11.7 Å². The second kappa shape index (κ2) is 9.51. The maximum absolute atomic E-state index is 12.2. The van der Waals surface area contributed by atoms with Crippen molar-refractivity contribution >= 4 is 17.9 Å². The van der Waals surface area contributed by atoms with E-state index in [1.807, 2.05) is 26.1 Å². The van der Waals surface area contributed by atoms with E-state index in [9.17, 15) is 14.4 Å². The van der Waals surface area contributed by atoms with Crippen molar-refractivity contribution in [1.29, 1.82) is 0 Å². The largest absolute Gasteiger partial charge is 0.490 e. The zero-order valence-electron chi connectivity index (χ0n) is 14.8. The van der Waals surface area contributed by atoms with E-state index < -0.39 is 24.0 Å². The number of hydrogen-bond donors (Lipinski definition) is 2. The highest BCUT2D eigenvalue weighted by atomic mass is 16.5. The molecule has 0 aromatic heterocycles. The highest BCUT2D eigenvalue weighted by molar-refractivity contribution is 5.98. The molecule has 0 radical (unpaired) electrons. The van der Waals surface area contributed by atoms with Gasteiger partial charge in [-0.3, -0.25) is 10.1 Å². The highest BCUT2D eigenvalue weighted by Gasteiger charge is 2.21. The Kier molecular flexibility index (Phi) is 7.71. The molecular formula is C17H24N2O6. The van der Waals surface area contributed by atoms with Crippen LogP contribution in [0, 0.1) is 5.92 Å². The van der Waals surface area contributed by atoms with Crippen LogP contribution in [0.1, 0.15) is 38.1 Å². The van der Waals surface area contributed by atoms with Crippen molar-refractivity contribution in [3.05, 3.63) is 23.8 Å². The second-order valence-electron chi connectivity index (χ2n) is 5.70. The summed E-state index contributed by atoms with van der Waals surface area (Å²) in [6.07, 6.45) is -1.17. The standard InChI is InChI=1S/C17H24N2O6/c1-5-23-14-8-12(6-7-13(14)24-9-10(2)3)16(21)25-11(4)15(20)19-17(18)22/h6-8,10-11H,5,9H2,1-4H3,(H3,18,19,20,22)/t11-/m0/s1. The van der Waals surface area contributed by atoms with Gasteiger partial charge in [0.2, 0.25) is 0 Å². The minimum Gasteiger partial charge on any atom is -0.490 e. The molecule has 0 saturated carbocycles. The van der Waals surface area contributed by atoms with E-state index in [1.165, 1.54) is 19.1 Å². The number of nitrogens with two attached hydrogens (primary N) is 1. The fourth-order valence-corrected chi connectivity index (χ4v) is 1.78. The summed E-state index contributed by atoms with van der Waals surface area (Å²) < 4.78 is 16.2. The van der Waals surface area contributed by atoms with Gasteiger partial charge in [0.05, 0.1) is 18.8 Å². The first kappa shape index (κ1) is 20.3. The third-order valence-corrected chi connectivity index (χ3v) is 2.95. The molecule has 25 heavy (non-hydrogen) atoms. The summed E-state index contributed by atoms with van der Waals surface area (Å²) in [4.78, 5) is 34.4. The topological polar surface area (TPSA) is 117 Å². The number of carbonyl (C=O) groups excluding carboxylic acids is 3. The van der Waals surface area contributed by atoms with Crippen LogP contribution in [0.2, 0.25) is 0 Å². The fraction of sp³-hybridized carbons (Fsp3) is 0.471. The normalized spacial score (nSPS) is 11.6. The lowest BCUT2D eigenvalue weighted by atomic mass is 10.2. The van der Waals surface area contributed by atoms with E-state index in [0.29, 0.717) is 30.6 Å². The Morgan fingerprint density at radius 3 is 2.36 bits per heavy atom. The number of hydrogen-bond acceptors (Lipinski definition) is 6. The molecule has 0 aliphatic carbocycles. The molecule has 1 rings (SSSR count). The molecule has 8 nitrogen and oxygen atoms in total. The van der Waals surface area contributed by atoms with E-state index in [4.69, 9.17) is 19.9 Å². The average molecular weight is 352 g/mol. The van der Waals surface area contributed by atoms with Crippen LogP contribution >= 0.6 is 0 Å². The zero-order valence-corrected chi connectivity index (χ0v) is 14.8. The lowest BCUT2D eigenvalue weighted by Gasteiger charge is -2.15. The van der Waals surface area contributed by atoms with Gasteiger partial charge in [-0.15, -0.1) is 0 Å². The van der Waals surface area contributed by atoms with Crippen LogP contribution in [0.25, 0.3) is 0 Å². The number of rotatable bonds is 8. The summed E-state index contributed by atoms with van der Waals surface area (Å²) in [5.74, 6) is -0.270. The third-order valence-electron chi connectivity index (χ3n) is 2.95. The van der Waals surface area contributed by atoms with Crippen molar-refractivity contribution in [3.63, 3.8) is 0 Å². The molecule has 0 heterocycles. The molecule has 1 aromatic carbocycles. The van der Waals surface area contributed by atoms with E-state index in [0.717, 1.165) is 0 Å². The number of benzene rings is 1. The molecule has 0 unspecified atom stereocenters. The number of urea groups is 1. The number of primary amides is 1. The first-order valence-corrected chi connectivity index (χ1v) is 7.95. The van der Waals surface area contributed by atoms with E-state index >= 15 is 0 Å². The summed E-state index contributed by atoms with van der Waals surface area (Å²) in [5.41, 5.74) is 5.04. The molecule has 0 fully saturated rings. The number of imide groups is 1. The van der Waals surface area contributed by atoms with Gasteiger partial charge in [-0.1, -0.05) is 13.8 Å². The summed E-state index contributed by atoms with van der Waals surface area (Å²) >= 11 is 0. The lowest BCUT2D eigenvalue weighted by Crippen LogP contribution is -2.42. The van der Waals surface area contributed by atoms with Gasteiger partial charge in [0.1, 0.15) is 0 Å². The van der Waals surface area contributed by atoms with Crippen LogP contribution in [-0.4, -0.2) is 37.2 Å². The van der Waals surface area contributed by atoms with Crippen molar-refractivity contribution in [2.75, 3.05) is 13.2 Å². The van der Waals surface area contributed by atoms with Gasteiger partial charge in [0, 0.05) is 0 Å². The highest BCUT2D eigenvalue weighted by Crippen LogP contribution is 2.29. The van der Waals surface area contributed by atoms with Crippen LogP contribution < -0.4 is 20.5 Å². The summed E-state index contributed by atoms with van der Waals surface area (Å²) in [6, 6.07) is 3.59. The Morgan fingerprint density at radius 2 is 1.80 bits per heavy atom. The lowest BCUT2D eigenvalue weighted by molar-refractivity contribution is -0.127. The molecular weight excluding hydrogens is 328 g/mol. The molecule has 1 atom stereocenters. The number of carbonyl (C=O) groups is 3. The van der Waals surface area contributed by atoms with Gasteiger partial charge in [-0.05, 0) is 38.0 Å². The first-order valence-electron chi connectivity index (χ1n) is 7.95. The quantitative estimate of drug-likeness (QED) is 0.690. The van der Waals surface area contributed by atoms with Gasteiger partial charge >= 0.3 is 12.0 Å². The Balaban J connectivity index is 2.86. The molecule has 0 aliphatic rings. The Morgan fingerprint density at radius 1 is 1.12 bits per heavy atom. The SMILES string of the molecule is CCOc1cc(C(=O)O[C@@H](C)C(=O)NC(N)=O)ccc1OCC(C)C. The molecule has 1 aromatic rings. The van der Waals surface area contributed by atoms with Crippen LogP contribution in [0.3, 0.4) is 0 Å². The van der Waals surface area contributed by atoms with Gasteiger partial charge < -0.3 is 19.9 Å². The summed E-state index contributed by atoms with van der Waals surface area (Å²) in [5, 5.41) is 1.85. The second-order valence-corrected chi connectivity index (χ2v) is 5.70. The molecule has 0 bridgehead atoms. The maximum Gasteiger partial charge on any atom is 0.339 e. The van der Waals surface area contributed by atoms with Crippen LogP contribution in [0.5, 0.6) is 11.5 Å². The Bertz CT molecular complexity index is 630. The molecule has 3 N–H and O–H groups in total.